The number of amides is 1. The standard InChI is InChI=1S/C7H11NO3/c1-4-6-5(9)2-3-8(6)7(10)11-4/h4-6,9H,2-3H2,1H3/t4-,5+,6+/m0/s1. The second-order valence-corrected chi connectivity index (χ2v) is 3.13. The molecule has 0 radical (unpaired) electrons. The fourth-order valence-electron chi connectivity index (χ4n) is 1.87. The minimum Gasteiger partial charge on any atom is -0.444 e. The Morgan fingerprint density at radius 2 is 2.45 bits per heavy atom. The maximum atomic E-state index is 11.0. The van der Waals surface area contributed by atoms with Crippen LogP contribution in [0.2, 0.25) is 0 Å². The summed E-state index contributed by atoms with van der Waals surface area (Å²) in [7, 11) is 0. The van der Waals surface area contributed by atoms with E-state index in [0.29, 0.717) is 13.0 Å². The zero-order valence-electron chi connectivity index (χ0n) is 6.36. The predicted molar refractivity (Wildman–Crippen MR) is 37.1 cm³/mol. The molecule has 0 aromatic rings. The number of cyclic esters (lactones) is 1. The summed E-state index contributed by atoms with van der Waals surface area (Å²) in [6.07, 6.45) is -0.139. The van der Waals surface area contributed by atoms with Crippen molar-refractivity contribution in [3.05, 3.63) is 0 Å². The molecule has 3 atom stereocenters. The van der Waals surface area contributed by atoms with E-state index in [2.05, 4.69) is 0 Å². The summed E-state index contributed by atoms with van der Waals surface area (Å²) in [5.41, 5.74) is 0. The maximum Gasteiger partial charge on any atom is 0.410 e. The van der Waals surface area contributed by atoms with Gasteiger partial charge in [0.15, 0.2) is 0 Å². The molecular formula is C7H11NO3. The molecule has 2 rings (SSSR count). The molecule has 0 aliphatic carbocycles. The summed E-state index contributed by atoms with van der Waals surface area (Å²) in [6, 6.07) is -0.0949. The number of nitrogens with zero attached hydrogens (tertiary/aromatic N) is 1. The minimum absolute atomic E-state index is 0.0949. The summed E-state index contributed by atoms with van der Waals surface area (Å²) in [6.45, 7) is 2.45. The van der Waals surface area contributed by atoms with Crippen molar-refractivity contribution >= 4 is 6.09 Å². The van der Waals surface area contributed by atoms with E-state index in [1.54, 1.807) is 4.90 Å². The SMILES string of the molecule is C[C@@H]1OC(=O)N2CC[C@@H](O)[C@@H]12. The van der Waals surface area contributed by atoms with Gasteiger partial charge in [-0.2, -0.15) is 0 Å². The number of aliphatic hydroxyl groups excluding tert-OH is 1. The van der Waals surface area contributed by atoms with Crippen LogP contribution in [0.5, 0.6) is 0 Å². The highest BCUT2D eigenvalue weighted by atomic mass is 16.6. The number of fused-ring (bicyclic) bond motifs is 1. The Morgan fingerprint density at radius 3 is 3.09 bits per heavy atom. The van der Waals surface area contributed by atoms with E-state index in [4.69, 9.17) is 4.74 Å². The highest BCUT2D eigenvalue weighted by Crippen LogP contribution is 2.28. The lowest BCUT2D eigenvalue weighted by Gasteiger charge is -2.15. The molecular weight excluding hydrogens is 146 g/mol. The van der Waals surface area contributed by atoms with Crippen LogP contribution in [0.3, 0.4) is 0 Å². The molecule has 2 heterocycles. The van der Waals surface area contributed by atoms with Crippen molar-refractivity contribution in [1.29, 1.82) is 0 Å². The Hall–Kier alpha value is -0.770. The van der Waals surface area contributed by atoms with Crippen molar-refractivity contribution in [1.82, 2.24) is 4.90 Å². The topological polar surface area (TPSA) is 49.8 Å². The normalized spacial score (nSPS) is 42.5. The van der Waals surface area contributed by atoms with Gasteiger partial charge in [-0.3, -0.25) is 4.90 Å². The molecule has 0 spiro atoms. The first-order valence-corrected chi connectivity index (χ1v) is 3.85. The minimum atomic E-state index is -0.392. The second-order valence-electron chi connectivity index (χ2n) is 3.13. The molecule has 4 heteroatoms. The number of carbonyl (C=O) groups is 1. The summed E-state index contributed by atoms with van der Waals surface area (Å²) >= 11 is 0. The number of aliphatic hydroxyl groups is 1. The Bertz CT molecular complexity index is 194. The number of hydrogen-bond acceptors (Lipinski definition) is 3. The maximum absolute atomic E-state index is 11.0. The van der Waals surface area contributed by atoms with Gasteiger partial charge in [0.1, 0.15) is 6.10 Å². The van der Waals surface area contributed by atoms with Crippen molar-refractivity contribution in [2.45, 2.75) is 31.6 Å². The molecule has 2 fully saturated rings. The first kappa shape index (κ1) is 6.91. The van der Waals surface area contributed by atoms with E-state index < -0.39 is 6.10 Å². The third-order valence-corrected chi connectivity index (χ3v) is 2.42. The van der Waals surface area contributed by atoms with Gasteiger partial charge in [-0.05, 0) is 13.3 Å². The average molecular weight is 157 g/mol. The first-order valence-electron chi connectivity index (χ1n) is 3.85. The summed E-state index contributed by atoms with van der Waals surface area (Å²) in [5.74, 6) is 0. The first-order chi connectivity index (χ1) is 5.20. The van der Waals surface area contributed by atoms with Gasteiger partial charge in [-0.1, -0.05) is 0 Å². The van der Waals surface area contributed by atoms with Gasteiger partial charge in [-0.25, -0.2) is 4.79 Å². The summed E-state index contributed by atoms with van der Waals surface area (Å²) < 4.78 is 4.93. The van der Waals surface area contributed by atoms with Crippen LogP contribution in [0.1, 0.15) is 13.3 Å². The lowest BCUT2D eigenvalue weighted by molar-refractivity contribution is 0.0927. The van der Waals surface area contributed by atoms with E-state index in [0.717, 1.165) is 0 Å². The van der Waals surface area contributed by atoms with Crippen LogP contribution in [-0.4, -0.2) is 40.9 Å². The molecule has 62 valence electrons. The van der Waals surface area contributed by atoms with Crippen molar-refractivity contribution < 1.29 is 14.6 Å². The Morgan fingerprint density at radius 1 is 1.73 bits per heavy atom. The van der Waals surface area contributed by atoms with Crippen LogP contribution in [0.25, 0.3) is 0 Å². The van der Waals surface area contributed by atoms with E-state index in [9.17, 15) is 9.90 Å². The van der Waals surface area contributed by atoms with Crippen LogP contribution in [0.15, 0.2) is 0 Å². The fraction of sp³-hybridized carbons (Fsp3) is 0.857. The largest absolute Gasteiger partial charge is 0.444 e. The van der Waals surface area contributed by atoms with Crippen LogP contribution >= 0.6 is 0 Å². The average Bonchev–Trinajstić information content (AvgIpc) is 2.41. The van der Waals surface area contributed by atoms with Gasteiger partial charge >= 0.3 is 6.09 Å². The molecule has 4 nitrogen and oxygen atoms in total. The third-order valence-electron chi connectivity index (χ3n) is 2.42. The molecule has 11 heavy (non-hydrogen) atoms. The van der Waals surface area contributed by atoms with E-state index in [-0.39, 0.29) is 18.2 Å². The highest BCUT2D eigenvalue weighted by molar-refractivity contribution is 5.71. The van der Waals surface area contributed by atoms with Gasteiger partial charge < -0.3 is 9.84 Å². The molecule has 1 N–H and O–H groups in total. The molecule has 0 saturated carbocycles. The molecule has 1 amide bonds. The number of hydrogen-bond donors (Lipinski definition) is 1. The number of rotatable bonds is 0. The Balaban J connectivity index is 2.21. The van der Waals surface area contributed by atoms with Gasteiger partial charge in [0.25, 0.3) is 0 Å². The lowest BCUT2D eigenvalue weighted by Crippen LogP contribution is -2.36. The van der Waals surface area contributed by atoms with Crippen LogP contribution in [0, 0.1) is 0 Å². The molecule has 2 aliphatic heterocycles. The Labute approximate surface area is 64.7 Å². The quantitative estimate of drug-likeness (QED) is 0.536. The zero-order valence-corrected chi connectivity index (χ0v) is 6.36. The van der Waals surface area contributed by atoms with Gasteiger partial charge in [0.05, 0.1) is 12.1 Å². The van der Waals surface area contributed by atoms with Crippen molar-refractivity contribution in [2.24, 2.45) is 0 Å². The molecule has 0 unspecified atom stereocenters. The van der Waals surface area contributed by atoms with Crippen LogP contribution < -0.4 is 0 Å². The van der Waals surface area contributed by atoms with Crippen molar-refractivity contribution in [3.8, 4) is 0 Å². The smallest absolute Gasteiger partial charge is 0.410 e. The second kappa shape index (κ2) is 2.11. The van der Waals surface area contributed by atoms with Crippen molar-refractivity contribution in [2.75, 3.05) is 6.54 Å². The fourth-order valence-corrected chi connectivity index (χ4v) is 1.87. The monoisotopic (exact) mass is 157 g/mol. The van der Waals surface area contributed by atoms with Gasteiger partial charge in [-0.15, -0.1) is 0 Å². The highest BCUT2D eigenvalue weighted by Gasteiger charge is 2.47. The van der Waals surface area contributed by atoms with E-state index in [1.807, 2.05) is 6.92 Å². The van der Waals surface area contributed by atoms with Gasteiger partial charge in [0, 0.05) is 6.54 Å². The van der Waals surface area contributed by atoms with Crippen molar-refractivity contribution in [3.63, 3.8) is 0 Å². The van der Waals surface area contributed by atoms with E-state index in [1.165, 1.54) is 0 Å². The van der Waals surface area contributed by atoms with Gasteiger partial charge in [0.2, 0.25) is 0 Å². The lowest BCUT2D eigenvalue weighted by atomic mass is 10.1. The molecule has 2 aliphatic rings. The third kappa shape index (κ3) is 0.822. The molecule has 0 aromatic heterocycles. The number of ether oxygens (including phenoxy) is 1. The summed E-state index contributed by atoms with van der Waals surface area (Å²) in [4.78, 5) is 12.6. The summed E-state index contributed by atoms with van der Waals surface area (Å²) in [5, 5.41) is 9.41. The molecule has 2 saturated heterocycles. The Kier molecular flexibility index (Phi) is 1.32. The van der Waals surface area contributed by atoms with E-state index >= 15 is 0 Å². The number of carbonyl (C=O) groups excluding carboxylic acids is 1. The van der Waals surface area contributed by atoms with Crippen LogP contribution in [-0.2, 0) is 4.74 Å². The van der Waals surface area contributed by atoms with Crippen LogP contribution in [0.4, 0.5) is 4.79 Å². The predicted octanol–water partition coefficient (Wildman–Crippen LogP) is -0.0397. The zero-order chi connectivity index (χ0) is 8.01. The molecule has 0 bridgehead atoms. The molecule has 0 aromatic carbocycles.